The van der Waals surface area contributed by atoms with Crippen LogP contribution in [0.5, 0.6) is 0 Å². The first-order valence-corrected chi connectivity index (χ1v) is 6.50. The molecule has 1 fully saturated rings. The van der Waals surface area contributed by atoms with E-state index < -0.39 is 0 Å². The topological polar surface area (TPSA) is 42.2 Å². The van der Waals surface area contributed by atoms with Gasteiger partial charge in [0.15, 0.2) is 0 Å². The van der Waals surface area contributed by atoms with Gasteiger partial charge in [-0.3, -0.25) is 14.0 Å². The van der Waals surface area contributed by atoms with Crippen LogP contribution >= 0.6 is 0 Å². The molecule has 0 aromatic carbocycles. The van der Waals surface area contributed by atoms with Crippen molar-refractivity contribution >= 4 is 0 Å². The summed E-state index contributed by atoms with van der Waals surface area (Å²) in [7, 11) is 0. The van der Waals surface area contributed by atoms with Gasteiger partial charge in [-0.25, -0.2) is 4.79 Å². The van der Waals surface area contributed by atoms with Gasteiger partial charge in [0.05, 0.1) is 0 Å². The number of hydrogen-bond donors (Lipinski definition) is 1. The van der Waals surface area contributed by atoms with Crippen LogP contribution in [-0.4, -0.2) is 46.8 Å². The lowest BCUT2D eigenvalue weighted by Crippen LogP contribution is -2.45. The standard InChI is InChI=1S/C12H22N4O/c1-2-5-15-10-11-16(12(15)17)9-8-14-6-3-13-4-7-14/h10-11,13H,2-9H2,1H3. The van der Waals surface area contributed by atoms with Crippen molar-refractivity contribution in [1.29, 1.82) is 0 Å². The molecule has 17 heavy (non-hydrogen) atoms. The fourth-order valence-corrected chi connectivity index (χ4v) is 2.22. The minimum atomic E-state index is 0.127. The van der Waals surface area contributed by atoms with E-state index in [-0.39, 0.29) is 5.69 Å². The molecule has 1 N–H and O–H groups in total. The van der Waals surface area contributed by atoms with E-state index in [4.69, 9.17) is 0 Å². The zero-order chi connectivity index (χ0) is 12.1. The molecule has 2 heterocycles. The summed E-state index contributed by atoms with van der Waals surface area (Å²) in [6.45, 7) is 8.98. The van der Waals surface area contributed by atoms with Gasteiger partial charge in [0.1, 0.15) is 0 Å². The van der Waals surface area contributed by atoms with Crippen molar-refractivity contribution in [2.24, 2.45) is 0 Å². The van der Waals surface area contributed by atoms with Crippen molar-refractivity contribution in [3.63, 3.8) is 0 Å². The maximum absolute atomic E-state index is 11.9. The molecule has 0 aliphatic carbocycles. The van der Waals surface area contributed by atoms with Crippen LogP contribution in [0.4, 0.5) is 0 Å². The summed E-state index contributed by atoms with van der Waals surface area (Å²) in [5.74, 6) is 0. The molecule has 1 aliphatic rings. The summed E-state index contributed by atoms with van der Waals surface area (Å²) in [4.78, 5) is 14.3. The molecule has 1 aromatic heterocycles. The highest BCUT2D eigenvalue weighted by Gasteiger charge is 2.10. The van der Waals surface area contributed by atoms with Crippen molar-refractivity contribution in [2.75, 3.05) is 32.7 Å². The van der Waals surface area contributed by atoms with Crippen LogP contribution in [0.2, 0.25) is 0 Å². The van der Waals surface area contributed by atoms with Crippen molar-refractivity contribution in [3.8, 4) is 0 Å². The summed E-state index contributed by atoms with van der Waals surface area (Å²) in [5, 5.41) is 3.33. The van der Waals surface area contributed by atoms with Crippen LogP contribution < -0.4 is 11.0 Å². The Balaban J connectivity index is 1.88. The average molecular weight is 238 g/mol. The zero-order valence-electron chi connectivity index (χ0n) is 10.6. The van der Waals surface area contributed by atoms with Gasteiger partial charge < -0.3 is 5.32 Å². The van der Waals surface area contributed by atoms with Crippen LogP contribution in [0.1, 0.15) is 13.3 Å². The predicted molar refractivity (Wildman–Crippen MR) is 68.3 cm³/mol. The molecule has 2 rings (SSSR count). The van der Waals surface area contributed by atoms with E-state index in [1.807, 2.05) is 17.0 Å². The van der Waals surface area contributed by atoms with Gasteiger partial charge in [-0.05, 0) is 6.42 Å². The maximum atomic E-state index is 11.9. The predicted octanol–water partition coefficient (Wildman–Crippen LogP) is -0.0350. The third-order valence-corrected chi connectivity index (χ3v) is 3.25. The van der Waals surface area contributed by atoms with Gasteiger partial charge in [-0.1, -0.05) is 6.92 Å². The number of hydrogen-bond acceptors (Lipinski definition) is 3. The lowest BCUT2D eigenvalue weighted by Gasteiger charge is -2.26. The summed E-state index contributed by atoms with van der Waals surface area (Å²) < 4.78 is 3.61. The number of piperazine rings is 1. The first kappa shape index (κ1) is 12.4. The first-order valence-electron chi connectivity index (χ1n) is 6.50. The van der Waals surface area contributed by atoms with Crippen LogP contribution in [0, 0.1) is 0 Å². The second kappa shape index (κ2) is 6.02. The first-order chi connectivity index (χ1) is 8.31. The van der Waals surface area contributed by atoms with Crippen LogP contribution in [0.25, 0.3) is 0 Å². The third-order valence-electron chi connectivity index (χ3n) is 3.25. The van der Waals surface area contributed by atoms with Crippen molar-refractivity contribution in [3.05, 3.63) is 22.9 Å². The molecule has 0 bridgehead atoms. The molecule has 1 aliphatic heterocycles. The summed E-state index contributed by atoms with van der Waals surface area (Å²) in [6, 6.07) is 0. The Hall–Kier alpha value is -1.07. The van der Waals surface area contributed by atoms with Gasteiger partial charge in [-0.15, -0.1) is 0 Å². The number of nitrogens with zero attached hydrogens (tertiary/aromatic N) is 3. The van der Waals surface area contributed by atoms with Gasteiger partial charge in [0.2, 0.25) is 0 Å². The SMILES string of the molecule is CCCn1ccn(CCN2CCNCC2)c1=O. The number of nitrogens with one attached hydrogen (secondary N) is 1. The van der Waals surface area contributed by atoms with Crippen LogP contribution in [0.3, 0.4) is 0 Å². The number of aryl methyl sites for hydroxylation is 1. The quantitative estimate of drug-likeness (QED) is 0.783. The Kier molecular flexibility index (Phi) is 4.39. The molecule has 0 unspecified atom stereocenters. The summed E-state index contributed by atoms with van der Waals surface area (Å²) in [5.41, 5.74) is 0.127. The molecule has 0 atom stereocenters. The van der Waals surface area contributed by atoms with E-state index in [0.29, 0.717) is 0 Å². The van der Waals surface area contributed by atoms with E-state index >= 15 is 0 Å². The summed E-state index contributed by atoms with van der Waals surface area (Å²) in [6.07, 6.45) is 4.80. The summed E-state index contributed by atoms with van der Waals surface area (Å²) >= 11 is 0. The molecule has 0 saturated carbocycles. The Labute approximate surface area is 102 Å². The second-order valence-electron chi connectivity index (χ2n) is 4.56. The van der Waals surface area contributed by atoms with Crippen molar-refractivity contribution in [2.45, 2.75) is 26.4 Å². The number of rotatable bonds is 5. The Morgan fingerprint density at radius 1 is 1.12 bits per heavy atom. The number of aromatic nitrogens is 2. The van der Waals surface area contributed by atoms with Crippen molar-refractivity contribution < 1.29 is 0 Å². The minimum Gasteiger partial charge on any atom is -0.314 e. The molecule has 1 saturated heterocycles. The Morgan fingerprint density at radius 2 is 1.76 bits per heavy atom. The molecule has 5 nitrogen and oxygen atoms in total. The zero-order valence-corrected chi connectivity index (χ0v) is 10.6. The van der Waals surface area contributed by atoms with Gasteiger partial charge in [0.25, 0.3) is 0 Å². The monoisotopic (exact) mass is 238 g/mol. The molecular formula is C12H22N4O. The normalized spacial score (nSPS) is 17.5. The minimum absolute atomic E-state index is 0.127. The lowest BCUT2D eigenvalue weighted by molar-refractivity contribution is 0.231. The van der Waals surface area contributed by atoms with E-state index in [1.165, 1.54) is 0 Å². The van der Waals surface area contributed by atoms with Crippen LogP contribution in [-0.2, 0) is 13.1 Å². The van der Waals surface area contributed by atoms with Crippen LogP contribution in [0.15, 0.2) is 17.2 Å². The van der Waals surface area contributed by atoms with E-state index in [0.717, 1.165) is 52.2 Å². The second-order valence-corrected chi connectivity index (χ2v) is 4.56. The molecule has 0 spiro atoms. The molecule has 0 amide bonds. The average Bonchev–Trinajstić information content (AvgIpc) is 2.70. The highest BCUT2D eigenvalue weighted by molar-refractivity contribution is 4.82. The molecular weight excluding hydrogens is 216 g/mol. The van der Waals surface area contributed by atoms with E-state index in [9.17, 15) is 4.79 Å². The van der Waals surface area contributed by atoms with Gasteiger partial charge in [-0.2, -0.15) is 0 Å². The fourth-order valence-electron chi connectivity index (χ4n) is 2.22. The maximum Gasteiger partial charge on any atom is 0.328 e. The fraction of sp³-hybridized carbons (Fsp3) is 0.750. The molecule has 96 valence electrons. The Bertz CT molecular complexity index is 389. The van der Waals surface area contributed by atoms with Crippen molar-refractivity contribution in [1.82, 2.24) is 19.4 Å². The molecule has 0 radical (unpaired) electrons. The highest BCUT2D eigenvalue weighted by atomic mass is 16.1. The number of imidazole rings is 1. The lowest BCUT2D eigenvalue weighted by atomic mass is 10.3. The highest BCUT2D eigenvalue weighted by Crippen LogP contribution is 1.94. The van der Waals surface area contributed by atoms with E-state index in [2.05, 4.69) is 17.1 Å². The Morgan fingerprint density at radius 3 is 2.41 bits per heavy atom. The van der Waals surface area contributed by atoms with E-state index in [1.54, 1.807) is 4.57 Å². The molecule has 5 heteroatoms. The molecule has 1 aromatic rings. The largest absolute Gasteiger partial charge is 0.328 e. The smallest absolute Gasteiger partial charge is 0.314 e. The van der Waals surface area contributed by atoms with Gasteiger partial charge >= 0.3 is 5.69 Å². The van der Waals surface area contributed by atoms with Gasteiger partial charge in [0, 0.05) is 58.2 Å². The third kappa shape index (κ3) is 3.20.